The highest BCUT2D eigenvalue weighted by Gasteiger charge is 2.18. The molecule has 0 atom stereocenters. The van der Waals surface area contributed by atoms with Gasteiger partial charge in [-0.15, -0.1) is 0 Å². The fourth-order valence-electron chi connectivity index (χ4n) is 3.01. The van der Waals surface area contributed by atoms with Crippen LogP contribution in [0.4, 0.5) is 5.69 Å². The quantitative estimate of drug-likeness (QED) is 0.858. The molecule has 0 spiro atoms. The lowest BCUT2D eigenvalue weighted by atomic mass is 10.2. The molecule has 2 heterocycles. The summed E-state index contributed by atoms with van der Waals surface area (Å²) in [5, 5.41) is 7.40. The first-order valence-electron chi connectivity index (χ1n) is 8.41. The Morgan fingerprint density at radius 2 is 2.00 bits per heavy atom. The van der Waals surface area contributed by atoms with Crippen molar-refractivity contribution in [3.05, 3.63) is 33.5 Å². The average molecular weight is 381 g/mol. The number of fused-ring (bicyclic) bond motifs is 1. The summed E-state index contributed by atoms with van der Waals surface area (Å²) >= 11 is 6.06. The number of hydrogen-bond acceptors (Lipinski definition) is 5. The van der Waals surface area contributed by atoms with Gasteiger partial charge in [-0.25, -0.2) is 9.48 Å². The number of rotatable bonds is 5. The monoisotopic (exact) mass is 380 g/mol. The first-order chi connectivity index (χ1) is 12.5. The van der Waals surface area contributed by atoms with Crippen molar-refractivity contribution >= 4 is 23.2 Å². The topological polar surface area (TPSA) is 87.4 Å². The minimum Gasteiger partial charge on any atom is -0.495 e. The van der Waals surface area contributed by atoms with Gasteiger partial charge in [0, 0.05) is 25.1 Å². The molecule has 2 aromatic rings. The van der Waals surface area contributed by atoms with Crippen molar-refractivity contribution in [1.29, 1.82) is 0 Å². The molecule has 0 saturated heterocycles. The second-order valence-corrected chi connectivity index (χ2v) is 6.46. The Kier molecular flexibility index (Phi) is 5.51. The van der Waals surface area contributed by atoms with E-state index in [1.54, 1.807) is 16.7 Å². The third kappa shape index (κ3) is 3.70. The van der Waals surface area contributed by atoms with Gasteiger partial charge in [-0.2, -0.15) is 5.10 Å². The number of aromatic nitrogens is 3. The summed E-state index contributed by atoms with van der Waals surface area (Å²) in [5.41, 5.74) is 0.158. The molecule has 1 aliphatic rings. The van der Waals surface area contributed by atoms with Gasteiger partial charge in [0.2, 0.25) is 5.91 Å². The van der Waals surface area contributed by atoms with Gasteiger partial charge in [0.1, 0.15) is 23.9 Å². The fraction of sp³-hybridized carbons (Fsp3) is 0.471. The lowest BCUT2D eigenvalue weighted by Crippen LogP contribution is -2.30. The maximum Gasteiger partial charge on any atom is 0.346 e. The molecule has 1 N–H and O–H groups in total. The van der Waals surface area contributed by atoms with Gasteiger partial charge in [0.05, 0.1) is 24.9 Å². The molecule has 140 valence electrons. The molecular formula is C17H21ClN4O4. The second-order valence-electron chi connectivity index (χ2n) is 6.05. The van der Waals surface area contributed by atoms with Crippen LogP contribution < -0.4 is 20.5 Å². The number of halogens is 1. The summed E-state index contributed by atoms with van der Waals surface area (Å²) in [4.78, 5) is 24.9. The summed E-state index contributed by atoms with van der Waals surface area (Å²) in [7, 11) is 2.96. The zero-order valence-electron chi connectivity index (χ0n) is 14.7. The van der Waals surface area contributed by atoms with Gasteiger partial charge in [-0.3, -0.25) is 9.36 Å². The Hall–Kier alpha value is -2.48. The van der Waals surface area contributed by atoms with Crippen molar-refractivity contribution in [3.8, 4) is 11.5 Å². The molecule has 1 aromatic carbocycles. The van der Waals surface area contributed by atoms with E-state index in [0.717, 1.165) is 31.5 Å². The Balaban J connectivity index is 1.79. The number of carbonyl (C=O) groups is 1. The highest BCUT2D eigenvalue weighted by molar-refractivity contribution is 6.32. The Labute approximate surface area is 155 Å². The van der Waals surface area contributed by atoms with Crippen molar-refractivity contribution < 1.29 is 14.3 Å². The standard InChI is InChI=1S/C17H21ClN4O4/c1-25-13-9-12(14(26-2)8-11(13)18)19-16(23)10-22-17(24)21-7-5-3-4-6-15(21)20-22/h8-9H,3-7,10H2,1-2H3,(H,19,23). The average Bonchev–Trinajstić information content (AvgIpc) is 2.78. The maximum atomic E-state index is 12.4. The summed E-state index contributed by atoms with van der Waals surface area (Å²) in [6.07, 6.45) is 3.80. The van der Waals surface area contributed by atoms with Crippen molar-refractivity contribution in [2.45, 2.75) is 38.8 Å². The van der Waals surface area contributed by atoms with Crippen molar-refractivity contribution in [1.82, 2.24) is 14.3 Å². The molecule has 0 radical (unpaired) electrons. The molecule has 1 aliphatic heterocycles. The number of carbonyl (C=O) groups excluding carboxylic acids is 1. The molecule has 1 amide bonds. The highest BCUT2D eigenvalue weighted by Crippen LogP contribution is 2.35. The minimum absolute atomic E-state index is 0.174. The summed E-state index contributed by atoms with van der Waals surface area (Å²) < 4.78 is 13.3. The Morgan fingerprint density at radius 1 is 1.23 bits per heavy atom. The first kappa shape index (κ1) is 18.3. The number of aryl methyl sites for hydroxylation is 1. The number of ether oxygens (including phenoxy) is 2. The van der Waals surface area contributed by atoms with Gasteiger partial charge in [0.25, 0.3) is 0 Å². The van der Waals surface area contributed by atoms with Crippen molar-refractivity contribution in [2.75, 3.05) is 19.5 Å². The first-order valence-corrected chi connectivity index (χ1v) is 8.79. The van der Waals surface area contributed by atoms with Crippen LogP contribution in [0.2, 0.25) is 5.02 Å². The van der Waals surface area contributed by atoms with E-state index < -0.39 is 0 Å². The van der Waals surface area contributed by atoms with E-state index in [0.29, 0.717) is 28.8 Å². The molecule has 26 heavy (non-hydrogen) atoms. The normalized spacial score (nSPS) is 13.7. The molecule has 0 unspecified atom stereocenters. The summed E-state index contributed by atoms with van der Waals surface area (Å²) in [5.74, 6) is 1.17. The molecule has 1 aromatic heterocycles. The Morgan fingerprint density at radius 3 is 2.73 bits per heavy atom. The predicted molar refractivity (Wildman–Crippen MR) is 97.2 cm³/mol. The van der Waals surface area contributed by atoms with Crippen LogP contribution in [-0.4, -0.2) is 34.5 Å². The van der Waals surface area contributed by atoms with Crippen LogP contribution >= 0.6 is 11.6 Å². The fourth-order valence-corrected chi connectivity index (χ4v) is 3.24. The van der Waals surface area contributed by atoms with Crippen LogP contribution in [0.3, 0.4) is 0 Å². The van der Waals surface area contributed by atoms with E-state index in [1.165, 1.54) is 18.9 Å². The molecule has 0 fully saturated rings. The van der Waals surface area contributed by atoms with Gasteiger partial charge < -0.3 is 14.8 Å². The van der Waals surface area contributed by atoms with E-state index >= 15 is 0 Å². The number of amides is 1. The highest BCUT2D eigenvalue weighted by atomic mass is 35.5. The lowest BCUT2D eigenvalue weighted by Gasteiger charge is -2.13. The van der Waals surface area contributed by atoms with Gasteiger partial charge >= 0.3 is 5.69 Å². The van der Waals surface area contributed by atoms with E-state index in [-0.39, 0.29) is 18.1 Å². The van der Waals surface area contributed by atoms with Crippen LogP contribution in [0.15, 0.2) is 16.9 Å². The summed E-state index contributed by atoms with van der Waals surface area (Å²) in [6, 6.07) is 3.13. The van der Waals surface area contributed by atoms with Crippen molar-refractivity contribution in [3.63, 3.8) is 0 Å². The molecule has 9 heteroatoms. The molecule has 3 rings (SSSR count). The zero-order chi connectivity index (χ0) is 18.7. The van der Waals surface area contributed by atoms with Gasteiger partial charge in [-0.05, 0) is 12.8 Å². The van der Waals surface area contributed by atoms with Crippen LogP contribution in [0, 0.1) is 0 Å². The largest absolute Gasteiger partial charge is 0.495 e. The van der Waals surface area contributed by atoms with Gasteiger partial charge in [-0.1, -0.05) is 18.0 Å². The van der Waals surface area contributed by atoms with Crippen molar-refractivity contribution in [2.24, 2.45) is 0 Å². The van der Waals surface area contributed by atoms with Crippen LogP contribution in [0.1, 0.15) is 25.1 Å². The second kappa shape index (κ2) is 7.82. The van der Waals surface area contributed by atoms with E-state index in [9.17, 15) is 9.59 Å². The number of nitrogens with one attached hydrogen (secondary N) is 1. The van der Waals surface area contributed by atoms with Crippen LogP contribution in [-0.2, 0) is 24.3 Å². The van der Waals surface area contributed by atoms with E-state index in [2.05, 4.69) is 10.4 Å². The Bertz CT molecular complexity index is 874. The molecule has 0 aliphatic carbocycles. The molecular weight excluding hydrogens is 360 g/mol. The number of benzene rings is 1. The van der Waals surface area contributed by atoms with Crippen LogP contribution in [0.25, 0.3) is 0 Å². The maximum absolute atomic E-state index is 12.4. The summed E-state index contributed by atoms with van der Waals surface area (Å²) in [6.45, 7) is 0.477. The molecule has 0 saturated carbocycles. The predicted octanol–water partition coefficient (Wildman–Crippen LogP) is 2.08. The van der Waals surface area contributed by atoms with E-state index in [1.807, 2.05) is 0 Å². The SMILES string of the molecule is COc1cc(NC(=O)Cn2nc3n(c2=O)CCCCC3)c(OC)cc1Cl. The van der Waals surface area contributed by atoms with E-state index in [4.69, 9.17) is 21.1 Å². The third-order valence-electron chi connectivity index (χ3n) is 4.32. The number of anilines is 1. The number of methoxy groups -OCH3 is 2. The zero-order valence-corrected chi connectivity index (χ0v) is 15.5. The molecule has 8 nitrogen and oxygen atoms in total. The van der Waals surface area contributed by atoms with Gasteiger partial charge in [0.15, 0.2) is 0 Å². The third-order valence-corrected chi connectivity index (χ3v) is 4.62. The number of nitrogens with zero attached hydrogens (tertiary/aromatic N) is 3. The van der Waals surface area contributed by atoms with Crippen LogP contribution in [0.5, 0.6) is 11.5 Å². The minimum atomic E-state index is -0.386. The number of hydrogen-bond donors (Lipinski definition) is 1. The smallest absolute Gasteiger partial charge is 0.346 e. The lowest BCUT2D eigenvalue weighted by molar-refractivity contribution is -0.117. The molecule has 0 bridgehead atoms.